The molecule has 9 heteroatoms. The molecule has 2 aromatic carbocycles. The molecular formula is C21H19F2N3O4. The number of carbonyl (C=O) groups excluding carboxylic acids is 2. The molecule has 1 fully saturated rings. The topological polar surface area (TPSA) is 89.0 Å². The summed E-state index contributed by atoms with van der Waals surface area (Å²) in [5, 5.41) is 5.05. The van der Waals surface area contributed by atoms with E-state index in [-0.39, 0.29) is 30.7 Å². The van der Waals surface area contributed by atoms with Crippen molar-refractivity contribution in [2.75, 3.05) is 25.1 Å². The number of amidine groups is 1. The van der Waals surface area contributed by atoms with Crippen molar-refractivity contribution in [1.82, 2.24) is 5.32 Å². The van der Waals surface area contributed by atoms with Crippen LogP contribution in [0.4, 0.5) is 14.5 Å². The van der Waals surface area contributed by atoms with E-state index in [2.05, 4.69) is 15.6 Å². The number of alkyl halides is 1. The van der Waals surface area contributed by atoms with E-state index in [1.54, 1.807) is 30.3 Å². The first-order chi connectivity index (χ1) is 14.3. The molecule has 0 spiro atoms. The Morgan fingerprint density at radius 1 is 1.07 bits per heavy atom. The highest BCUT2D eigenvalue weighted by Gasteiger charge is 2.63. The molecule has 2 atom stereocenters. The van der Waals surface area contributed by atoms with Gasteiger partial charge in [-0.2, -0.15) is 0 Å². The largest absolute Gasteiger partial charge is 0.461 e. The molecule has 0 radical (unpaired) electrons. The van der Waals surface area contributed by atoms with Gasteiger partial charge in [-0.25, -0.2) is 13.8 Å². The smallest absolute Gasteiger partial charge is 0.292 e. The fourth-order valence-corrected chi connectivity index (χ4v) is 3.62. The monoisotopic (exact) mass is 415 g/mol. The minimum Gasteiger partial charge on any atom is -0.461 e. The average Bonchev–Trinajstić information content (AvgIpc) is 3.07. The summed E-state index contributed by atoms with van der Waals surface area (Å²) in [5.41, 5.74) is -3.37. The molecule has 156 valence electrons. The van der Waals surface area contributed by atoms with Gasteiger partial charge in [-0.15, -0.1) is 0 Å². The van der Waals surface area contributed by atoms with Crippen molar-refractivity contribution in [1.29, 1.82) is 0 Å². The van der Waals surface area contributed by atoms with Gasteiger partial charge in [0.1, 0.15) is 12.4 Å². The standard InChI is InChI=1S/C21H19F2N3O4/c1-13(27)24-15-7-8-17(22)16(9-15)21-12-29-10-20(21,23)11-30-19(26-21)25-18(28)14-5-3-2-4-6-14/h2-9H,10-12H2,1H3,(H,24,27)(H,25,26,28)/t20-,21-/m1/s1. The summed E-state index contributed by atoms with van der Waals surface area (Å²) in [4.78, 5) is 28.1. The third kappa shape index (κ3) is 3.41. The highest BCUT2D eigenvalue weighted by molar-refractivity contribution is 6.04. The first-order valence-electron chi connectivity index (χ1n) is 9.26. The average molecular weight is 415 g/mol. The Hall–Kier alpha value is -3.33. The molecule has 2 heterocycles. The maximum atomic E-state index is 15.8. The number of nitrogens with zero attached hydrogens (tertiary/aromatic N) is 1. The number of rotatable bonds is 3. The first-order valence-corrected chi connectivity index (χ1v) is 9.26. The molecule has 7 nitrogen and oxygen atoms in total. The number of carbonyl (C=O) groups is 2. The number of nitrogens with one attached hydrogen (secondary N) is 2. The Balaban J connectivity index is 1.74. The zero-order chi connectivity index (χ0) is 21.4. The third-order valence-electron chi connectivity index (χ3n) is 5.10. The second-order valence-electron chi connectivity index (χ2n) is 7.22. The predicted molar refractivity (Wildman–Crippen MR) is 104 cm³/mol. The molecule has 2 N–H and O–H groups in total. The van der Waals surface area contributed by atoms with Crippen LogP contribution < -0.4 is 10.6 Å². The fraction of sp³-hybridized carbons (Fsp3) is 0.286. The van der Waals surface area contributed by atoms with Gasteiger partial charge in [-0.1, -0.05) is 18.2 Å². The minimum absolute atomic E-state index is 0.0940. The van der Waals surface area contributed by atoms with Crippen LogP contribution in [0.1, 0.15) is 22.8 Å². The molecule has 0 unspecified atom stereocenters. The first kappa shape index (κ1) is 20.0. The second kappa shape index (κ2) is 7.49. The molecule has 0 saturated carbocycles. The number of hydrogen-bond donors (Lipinski definition) is 2. The molecule has 2 aromatic rings. The van der Waals surface area contributed by atoms with Crippen LogP contribution in [-0.4, -0.2) is 43.3 Å². The Morgan fingerprint density at radius 3 is 2.57 bits per heavy atom. The van der Waals surface area contributed by atoms with Gasteiger partial charge in [0.2, 0.25) is 5.91 Å². The molecule has 2 aliphatic heterocycles. The van der Waals surface area contributed by atoms with Crippen LogP contribution in [0, 0.1) is 5.82 Å². The van der Waals surface area contributed by atoms with Crippen LogP contribution in [0.15, 0.2) is 53.5 Å². The van der Waals surface area contributed by atoms with Gasteiger partial charge in [-0.3, -0.25) is 14.9 Å². The van der Waals surface area contributed by atoms with E-state index in [0.717, 1.165) is 6.07 Å². The molecular weight excluding hydrogens is 396 g/mol. The number of anilines is 1. The van der Waals surface area contributed by atoms with Crippen molar-refractivity contribution >= 4 is 23.5 Å². The van der Waals surface area contributed by atoms with Crippen LogP contribution in [0.3, 0.4) is 0 Å². The number of aliphatic imine (C=N–C) groups is 1. The van der Waals surface area contributed by atoms with Crippen molar-refractivity contribution in [3.05, 3.63) is 65.5 Å². The summed E-state index contributed by atoms with van der Waals surface area (Å²) in [6.45, 7) is 0.228. The highest BCUT2D eigenvalue weighted by atomic mass is 19.1. The van der Waals surface area contributed by atoms with Crippen molar-refractivity contribution in [3.63, 3.8) is 0 Å². The van der Waals surface area contributed by atoms with Gasteiger partial charge in [0.05, 0.1) is 13.2 Å². The number of hydrogen-bond acceptors (Lipinski definition) is 5. The second-order valence-corrected chi connectivity index (χ2v) is 7.22. The maximum Gasteiger partial charge on any atom is 0.292 e. The van der Waals surface area contributed by atoms with Crippen molar-refractivity contribution < 1.29 is 27.8 Å². The summed E-state index contributed by atoms with van der Waals surface area (Å²) < 4.78 is 41.3. The van der Waals surface area contributed by atoms with E-state index in [9.17, 15) is 14.0 Å². The molecule has 2 amide bonds. The van der Waals surface area contributed by atoms with Crippen molar-refractivity contribution in [2.24, 2.45) is 4.99 Å². The van der Waals surface area contributed by atoms with Crippen molar-refractivity contribution in [2.45, 2.75) is 18.1 Å². The number of ether oxygens (including phenoxy) is 2. The summed E-state index contributed by atoms with van der Waals surface area (Å²) in [6, 6.07) is 11.9. The SMILES string of the molecule is CC(=O)Nc1ccc(F)c([C@]23COC[C@@]2(F)COC(NC(=O)c2ccccc2)=N3)c1. The van der Waals surface area contributed by atoms with Gasteiger partial charge in [0.15, 0.2) is 11.2 Å². The maximum absolute atomic E-state index is 15.8. The predicted octanol–water partition coefficient (Wildman–Crippen LogP) is 2.53. The Bertz CT molecular complexity index is 1030. The molecule has 0 bridgehead atoms. The van der Waals surface area contributed by atoms with E-state index >= 15 is 4.39 Å². The van der Waals surface area contributed by atoms with E-state index in [4.69, 9.17) is 9.47 Å². The van der Waals surface area contributed by atoms with Crippen LogP contribution in [0.25, 0.3) is 0 Å². The van der Waals surface area contributed by atoms with E-state index in [0.29, 0.717) is 11.3 Å². The normalized spacial score (nSPS) is 25.0. The molecule has 30 heavy (non-hydrogen) atoms. The summed E-state index contributed by atoms with van der Waals surface area (Å²) in [6.07, 6.45) is 0. The summed E-state index contributed by atoms with van der Waals surface area (Å²) in [5.74, 6) is -1.57. The zero-order valence-electron chi connectivity index (χ0n) is 16.1. The Labute approximate surface area is 171 Å². The van der Waals surface area contributed by atoms with Crippen molar-refractivity contribution in [3.8, 4) is 0 Å². The lowest BCUT2D eigenvalue weighted by Gasteiger charge is -2.39. The lowest BCUT2D eigenvalue weighted by Crippen LogP contribution is -2.56. The van der Waals surface area contributed by atoms with Crippen LogP contribution in [0.2, 0.25) is 0 Å². The van der Waals surface area contributed by atoms with Gasteiger partial charge in [-0.05, 0) is 30.3 Å². The number of amides is 2. The van der Waals surface area contributed by atoms with E-state index < -0.39 is 29.5 Å². The molecule has 1 saturated heterocycles. The number of halogens is 2. The zero-order valence-corrected chi connectivity index (χ0v) is 16.1. The lowest BCUT2D eigenvalue weighted by atomic mass is 9.78. The summed E-state index contributed by atoms with van der Waals surface area (Å²) in [7, 11) is 0. The lowest BCUT2D eigenvalue weighted by molar-refractivity contribution is -0.114. The Morgan fingerprint density at radius 2 is 1.83 bits per heavy atom. The quantitative estimate of drug-likeness (QED) is 0.806. The molecule has 4 rings (SSSR count). The van der Waals surface area contributed by atoms with Crippen LogP contribution in [-0.2, 0) is 19.8 Å². The van der Waals surface area contributed by atoms with Gasteiger partial charge in [0.25, 0.3) is 11.9 Å². The number of fused-ring (bicyclic) bond motifs is 1. The van der Waals surface area contributed by atoms with E-state index in [1.165, 1.54) is 19.1 Å². The van der Waals surface area contributed by atoms with Gasteiger partial charge < -0.3 is 14.8 Å². The van der Waals surface area contributed by atoms with Gasteiger partial charge in [0, 0.05) is 23.7 Å². The fourth-order valence-electron chi connectivity index (χ4n) is 3.62. The minimum atomic E-state index is -2.15. The molecule has 2 aliphatic rings. The number of benzene rings is 2. The highest BCUT2D eigenvalue weighted by Crippen LogP contribution is 2.48. The Kier molecular flexibility index (Phi) is 4.98. The summed E-state index contributed by atoms with van der Waals surface area (Å²) >= 11 is 0. The molecule has 0 aliphatic carbocycles. The van der Waals surface area contributed by atoms with Crippen LogP contribution in [0.5, 0.6) is 0 Å². The van der Waals surface area contributed by atoms with Crippen LogP contribution >= 0.6 is 0 Å². The van der Waals surface area contributed by atoms with Gasteiger partial charge >= 0.3 is 0 Å². The molecule has 0 aromatic heterocycles. The third-order valence-corrected chi connectivity index (χ3v) is 5.10. The van der Waals surface area contributed by atoms with E-state index in [1.807, 2.05) is 0 Å².